The third-order valence-electron chi connectivity index (χ3n) is 5.21. The molecule has 1 aromatic carbocycles. The van der Waals surface area contributed by atoms with Crippen LogP contribution < -0.4 is 4.74 Å². The normalized spacial score (nSPS) is 21.0. The van der Waals surface area contributed by atoms with E-state index in [0.717, 1.165) is 24.2 Å². The van der Waals surface area contributed by atoms with Crippen LogP contribution in [0.1, 0.15) is 68.4 Å². The number of rotatable bonds is 5. The summed E-state index contributed by atoms with van der Waals surface area (Å²) in [4.78, 5) is 11.2. The third kappa shape index (κ3) is 2.92. The van der Waals surface area contributed by atoms with Gasteiger partial charge in [0.05, 0.1) is 13.5 Å². The van der Waals surface area contributed by atoms with Gasteiger partial charge in [0.25, 0.3) is 0 Å². The van der Waals surface area contributed by atoms with E-state index in [1.54, 1.807) is 7.11 Å². The lowest BCUT2D eigenvalue weighted by molar-refractivity contribution is -0.137. The minimum Gasteiger partial charge on any atom is -0.496 e. The van der Waals surface area contributed by atoms with E-state index in [2.05, 4.69) is 12.1 Å². The average molecular weight is 288 g/mol. The van der Waals surface area contributed by atoms with Crippen molar-refractivity contribution in [3.8, 4) is 5.75 Å². The zero-order valence-corrected chi connectivity index (χ0v) is 12.7. The first-order valence-corrected chi connectivity index (χ1v) is 8.05. The van der Waals surface area contributed by atoms with E-state index < -0.39 is 5.97 Å². The zero-order valence-electron chi connectivity index (χ0n) is 12.7. The molecular formula is C18H24O3. The number of benzene rings is 1. The van der Waals surface area contributed by atoms with Crippen molar-refractivity contribution in [1.29, 1.82) is 0 Å². The lowest BCUT2D eigenvalue weighted by atomic mass is 9.81. The molecule has 0 amide bonds. The largest absolute Gasteiger partial charge is 0.496 e. The maximum absolute atomic E-state index is 11.2. The molecular weight excluding hydrogens is 264 g/mol. The number of aliphatic carboxylic acids is 1. The molecule has 3 heteroatoms. The maximum Gasteiger partial charge on any atom is 0.304 e. The second kappa shape index (κ2) is 5.70. The van der Waals surface area contributed by atoms with Crippen LogP contribution in [0.4, 0.5) is 0 Å². The standard InChI is InChI=1S/C18H24O3/c1-21-16-8-7-14(13-5-3-2-4-6-13)11-15(16)18(9-10-18)12-17(19)20/h7-8,11,13H,2-6,9-10,12H2,1H3,(H,19,20). The Labute approximate surface area is 126 Å². The molecule has 1 aromatic rings. The van der Waals surface area contributed by atoms with Crippen molar-refractivity contribution in [2.45, 2.75) is 62.7 Å². The van der Waals surface area contributed by atoms with Gasteiger partial charge in [-0.1, -0.05) is 31.4 Å². The van der Waals surface area contributed by atoms with Crippen LogP contribution >= 0.6 is 0 Å². The summed E-state index contributed by atoms with van der Waals surface area (Å²) in [6.45, 7) is 0. The van der Waals surface area contributed by atoms with Crippen molar-refractivity contribution in [1.82, 2.24) is 0 Å². The Balaban J connectivity index is 1.92. The second-order valence-corrected chi connectivity index (χ2v) is 6.65. The highest BCUT2D eigenvalue weighted by Crippen LogP contribution is 2.54. The third-order valence-corrected chi connectivity index (χ3v) is 5.21. The predicted molar refractivity (Wildman–Crippen MR) is 82.0 cm³/mol. The van der Waals surface area contributed by atoms with Crippen LogP contribution in [0.3, 0.4) is 0 Å². The smallest absolute Gasteiger partial charge is 0.304 e. The van der Waals surface area contributed by atoms with Gasteiger partial charge < -0.3 is 9.84 Å². The predicted octanol–water partition coefficient (Wildman–Crippen LogP) is 4.25. The molecule has 2 aliphatic carbocycles. The Kier molecular flexibility index (Phi) is 3.92. The molecule has 21 heavy (non-hydrogen) atoms. The fraction of sp³-hybridized carbons (Fsp3) is 0.611. The monoisotopic (exact) mass is 288 g/mol. The average Bonchev–Trinajstić information content (AvgIpc) is 3.27. The number of carboxylic acid groups (broad SMARTS) is 1. The molecule has 0 spiro atoms. The molecule has 3 rings (SSSR count). The summed E-state index contributed by atoms with van der Waals surface area (Å²) in [6, 6.07) is 6.46. The van der Waals surface area contributed by atoms with E-state index in [-0.39, 0.29) is 11.8 Å². The van der Waals surface area contributed by atoms with Gasteiger partial charge in [-0.3, -0.25) is 4.79 Å². The first-order valence-electron chi connectivity index (χ1n) is 8.05. The van der Waals surface area contributed by atoms with Crippen LogP contribution in [0, 0.1) is 0 Å². The van der Waals surface area contributed by atoms with E-state index >= 15 is 0 Å². The summed E-state index contributed by atoms with van der Waals surface area (Å²) in [5.74, 6) is 0.787. The number of ether oxygens (including phenoxy) is 1. The molecule has 0 radical (unpaired) electrons. The van der Waals surface area contributed by atoms with Gasteiger partial charge in [0.2, 0.25) is 0 Å². The Morgan fingerprint density at radius 1 is 1.29 bits per heavy atom. The van der Waals surface area contributed by atoms with Crippen molar-refractivity contribution in [3.05, 3.63) is 29.3 Å². The fourth-order valence-electron chi connectivity index (χ4n) is 3.81. The van der Waals surface area contributed by atoms with Crippen molar-refractivity contribution in [3.63, 3.8) is 0 Å². The summed E-state index contributed by atoms with van der Waals surface area (Å²) in [5, 5.41) is 9.19. The first-order chi connectivity index (χ1) is 10.1. The highest BCUT2D eigenvalue weighted by molar-refractivity contribution is 5.70. The quantitative estimate of drug-likeness (QED) is 0.881. The van der Waals surface area contributed by atoms with Gasteiger partial charge in [0, 0.05) is 11.0 Å². The van der Waals surface area contributed by atoms with Crippen molar-refractivity contribution in [2.24, 2.45) is 0 Å². The lowest BCUT2D eigenvalue weighted by Crippen LogP contribution is -2.15. The summed E-state index contributed by atoms with van der Waals surface area (Å²) >= 11 is 0. The maximum atomic E-state index is 11.2. The molecule has 0 aromatic heterocycles. The minimum atomic E-state index is -0.711. The van der Waals surface area contributed by atoms with Gasteiger partial charge >= 0.3 is 5.97 Å². The van der Waals surface area contributed by atoms with Gasteiger partial charge in [-0.25, -0.2) is 0 Å². The van der Waals surface area contributed by atoms with Gasteiger partial charge in [0.1, 0.15) is 5.75 Å². The van der Waals surface area contributed by atoms with Crippen LogP contribution in [-0.2, 0) is 10.2 Å². The lowest BCUT2D eigenvalue weighted by Gasteiger charge is -2.25. The Bertz CT molecular complexity index is 525. The van der Waals surface area contributed by atoms with E-state index in [1.165, 1.54) is 37.7 Å². The number of hydrogen-bond acceptors (Lipinski definition) is 2. The second-order valence-electron chi connectivity index (χ2n) is 6.65. The summed E-state index contributed by atoms with van der Waals surface area (Å²) < 4.78 is 5.50. The number of hydrogen-bond donors (Lipinski definition) is 1. The van der Waals surface area contributed by atoms with Crippen LogP contribution in [0.15, 0.2) is 18.2 Å². The van der Waals surface area contributed by atoms with Gasteiger partial charge in [-0.15, -0.1) is 0 Å². The number of methoxy groups -OCH3 is 1. The van der Waals surface area contributed by atoms with Crippen LogP contribution in [0.5, 0.6) is 5.75 Å². The van der Waals surface area contributed by atoms with Gasteiger partial charge in [-0.05, 0) is 43.2 Å². The molecule has 0 heterocycles. The topological polar surface area (TPSA) is 46.5 Å². The molecule has 3 nitrogen and oxygen atoms in total. The molecule has 1 N–H and O–H groups in total. The van der Waals surface area contributed by atoms with Crippen LogP contribution in [-0.4, -0.2) is 18.2 Å². The van der Waals surface area contributed by atoms with Crippen LogP contribution in [0.2, 0.25) is 0 Å². The Hall–Kier alpha value is -1.51. The highest BCUT2D eigenvalue weighted by atomic mass is 16.5. The van der Waals surface area contributed by atoms with Gasteiger partial charge in [0.15, 0.2) is 0 Å². The van der Waals surface area contributed by atoms with Crippen molar-refractivity contribution >= 4 is 5.97 Å². The SMILES string of the molecule is COc1ccc(C2CCCCC2)cc1C1(CC(=O)O)CC1. The molecule has 114 valence electrons. The Morgan fingerprint density at radius 3 is 2.57 bits per heavy atom. The number of carboxylic acids is 1. The minimum absolute atomic E-state index is 0.179. The molecule has 0 saturated heterocycles. The van der Waals surface area contributed by atoms with Crippen molar-refractivity contribution in [2.75, 3.05) is 7.11 Å². The van der Waals surface area contributed by atoms with E-state index in [1.807, 2.05) is 6.07 Å². The highest BCUT2D eigenvalue weighted by Gasteiger charge is 2.48. The molecule has 2 saturated carbocycles. The summed E-state index contributed by atoms with van der Waals surface area (Å²) in [6.07, 6.45) is 8.64. The van der Waals surface area contributed by atoms with Crippen LogP contribution in [0.25, 0.3) is 0 Å². The summed E-state index contributed by atoms with van der Waals surface area (Å²) in [7, 11) is 1.68. The first kappa shape index (κ1) is 14.4. The van der Waals surface area contributed by atoms with E-state index in [0.29, 0.717) is 5.92 Å². The van der Waals surface area contributed by atoms with Gasteiger partial charge in [-0.2, -0.15) is 0 Å². The molecule has 0 atom stereocenters. The van der Waals surface area contributed by atoms with E-state index in [4.69, 9.17) is 4.74 Å². The molecule has 0 unspecified atom stereocenters. The van der Waals surface area contributed by atoms with Crippen molar-refractivity contribution < 1.29 is 14.6 Å². The molecule has 2 fully saturated rings. The Morgan fingerprint density at radius 2 is 2.00 bits per heavy atom. The zero-order chi connectivity index (χ0) is 14.9. The molecule has 0 aliphatic heterocycles. The summed E-state index contributed by atoms with van der Waals surface area (Å²) in [5.41, 5.74) is 2.32. The molecule has 0 bridgehead atoms. The fourth-order valence-corrected chi connectivity index (χ4v) is 3.81. The molecule has 2 aliphatic rings. The van der Waals surface area contributed by atoms with E-state index in [9.17, 15) is 9.90 Å². The number of carbonyl (C=O) groups is 1.